The Morgan fingerprint density at radius 2 is 2.29 bits per heavy atom. The highest BCUT2D eigenvalue weighted by Gasteiger charge is 2.38. The van der Waals surface area contributed by atoms with E-state index in [1.807, 2.05) is 11.8 Å². The number of ether oxygens (including phenoxy) is 1. The molecule has 2 unspecified atom stereocenters. The summed E-state index contributed by atoms with van der Waals surface area (Å²) in [5.74, 6) is 2.60. The molecule has 92 valence electrons. The van der Waals surface area contributed by atoms with Gasteiger partial charge in [0.2, 0.25) is 0 Å². The predicted octanol–water partition coefficient (Wildman–Crippen LogP) is 3.91. The molecule has 17 heavy (non-hydrogen) atoms. The van der Waals surface area contributed by atoms with Gasteiger partial charge in [-0.05, 0) is 30.4 Å². The van der Waals surface area contributed by atoms with E-state index in [0.29, 0.717) is 5.92 Å². The fourth-order valence-corrected chi connectivity index (χ4v) is 4.47. The molecule has 1 aromatic rings. The highest BCUT2D eigenvalue weighted by molar-refractivity contribution is 7.99. The second-order valence-electron chi connectivity index (χ2n) is 5.19. The first-order chi connectivity index (χ1) is 8.33. The third-order valence-electron chi connectivity index (χ3n) is 3.95. The lowest BCUT2D eigenvalue weighted by Gasteiger charge is -2.28. The van der Waals surface area contributed by atoms with Crippen molar-refractivity contribution in [2.75, 3.05) is 24.8 Å². The van der Waals surface area contributed by atoms with Gasteiger partial charge in [-0.1, -0.05) is 18.2 Å². The van der Waals surface area contributed by atoms with Crippen molar-refractivity contribution in [3.05, 3.63) is 29.8 Å². The molecule has 0 bridgehead atoms. The zero-order valence-corrected chi connectivity index (χ0v) is 11.4. The van der Waals surface area contributed by atoms with E-state index in [1.165, 1.54) is 22.6 Å². The number of thioether (sulfide) groups is 1. The van der Waals surface area contributed by atoms with Gasteiger partial charge < -0.3 is 4.74 Å². The van der Waals surface area contributed by atoms with Crippen LogP contribution in [0.2, 0.25) is 0 Å². The number of hydrogen-bond acceptors (Lipinski definition) is 2. The van der Waals surface area contributed by atoms with Crippen molar-refractivity contribution in [2.45, 2.75) is 23.7 Å². The number of fused-ring (bicyclic) bond motifs is 1. The summed E-state index contributed by atoms with van der Waals surface area (Å²) in [5, 5.41) is 0. The maximum Gasteiger partial charge on any atom is 0.0534 e. The molecule has 3 rings (SSSR count). The Labute approximate surface area is 112 Å². The fourth-order valence-electron chi connectivity index (χ4n) is 2.89. The van der Waals surface area contributed by atoms with Crippen LogP contribution in [0, 0.1) is 5.41 Å². The third-order valence-corrected chi connectivity index (χ3v) is 5.77. The first-order valence-corrected chi connectivity index (χ1v) is 7.70. The maximum absolute atomic E-state index is 6.18. The summed E-state index contributed by atoms with van der Waals surface area (Å²) in [6.45, 7) is 1.73. The van der Waals surface area contributed by atoms with Crippen molar-refractivity contribution < 1.29 is 4.74 Å². The van der Waals surface area contributed by atoms with Crippen LogP contribution in [0.25, 0.3) is 0 Å². The number of hydrogen-bond donors (Lipinski definition) is 0. The molecule has 2 atom stereocenters. The van der Waals surface area contributed by atoms with E-state index in [9.17, 15) is 0 Å². The number of alkyl halides is 1. The Hall–Kier alpha value is -0.180. The van der Waals surface area contributed by atoms with Gasteiger partial charge in [0.15, 0.2) is 0 Å². The van der Waals surface area contributed by atoms with E-state index in [1.54, 1.807) is 0 Å². The molecule has 2 aliphatic rings. The van der Waals surface area contributed by atoms with Crippen LogP contribution in [0.1, 0.15) is 24.3 Å². The molecule has 1 saturated heterocycles. The summed E-state index contributed by atoms with van der Waals surface area (Å²) in [4.78, 5) is 1.46. The molecule has 0 aromatic heterocycles. The second-order valence-corrected chi connectivity index (χ2v) is 6.52. The molecule has 3 heteroatoms. The first-order valence-electron chi connectivity index (χ1n) is 6.18. The molecule has 2 aliphatic heterocycles. The van der Waals surface area contributed by atoms with Crippen molar-refractivity contribution >= 4 is 23.4 Å². The number of halogens is 1. The van der Waals surface area contributed by atoms with Crippen LogP contribution in [0.5, 0.6) is 0 Å². The molecule has 0 spiro atoms. The molecule has 1 nitrogen and oxygen atoms in total. The van der Waals surface area contributed by atoms with Crippen molar-refractivity contribution in [1.82, 2.24) is 0 Å². The average Bonchev–Trinajstić information content (AvgIpc) is 2.99. The van der Waals surface area contributed by atoms with Gasteiger partial charge in [0.1, 0.15) is 0 Å². The van der Waals surface area contributed by atoms with Crippen LogP contribution in [-0.2, 0) is 4.74 Å². The van der Waals surface area contributed by atoms with Crippen molar-refractivity contribution in [1.29, 1.82) is 0 Å². The third kappa shape index (κ3) is 2.23. The van der Waals surface area contributed by atoms with E-state index in [-0.39, 0.29) is 5.41 Å². The zero-order chi connectivity index (χ0) is 11.7. The molecule has 1 aromatic carbocycles. The Balaban J connectivity index is 1.79. The minimum Gasteiger partial charge on any atom is -0.381 e. The molecular weight excluding hydrogens is 252 g/mol. The second kappa shape index (κ2) is 4.83. The molecule has 1 fully saturated rings. The van der Waals surface area contributed by atoms with E-state index < -0.39 is 0 Å². The topological polar surface area (TPSA) is 9.23 Å². The minimum atomic E-state index is 0.226. The van der Waals surface area contributed by atoms with E-state index in [2.05, 4.69) is 24.3 Å². The van der Waals surface area contributed by atoms with Crippen LogP contribution in [0.4, 0.5) is 0 Å². The Morgan fingerprint density at radius 1 is 1.41 bits per heavy atom. The van der Waals surface area contributed by atoms with Crippen LogP contribution < -0.4 is 0 Å². The molecule has 0 radical (unpaired) electrons. The summed E-state index contributed by atoms with van der Waals surface area (Å²) in [7, 11) is 0. The average molecular weight is 269 g/mol. The quantitative estimate of drug-likeness (QED) is 0.769. The Bertz CT molecular complexity index is 401. The van der Waals surface area contributed by atoms with Crippen molar-refractivity contribution in [2.24, 2.45) is 5.41 Å². The van der Waals surface area contributed by atoms with Gasteiger partial charge in [0.25, 0.3) is 0 Å². The van der Waals surface area contributed by atoms with E-state index in [0.717, 1.165) is 25.5 Å². The number of benzene rings is 1. The smallest absolute Gasteiger partial charge is 0.0534 e. The van der Waals surface area contributed by atoms with Crippen LogP contribution >= 0.6 is 23.4 Å². The van der Waals surface area contributed by atoms with Crippen LogP contribution in [0.15, 0.2) is 29.2 Å². The number of rotatable bonds is 3. The van der Waals surface area contributed by atoms with Gasteiger partial charge >= 0.3 is 0 Å². The maximum atomic E-state index is 6.18. The predicted molar refractivity (Wildman–Crippen MR) is 73.1 cm³/mol. The monoisotopic (exact) mass is 268 g/mol. The van der Waals surface area contributed by atoms with E-state index >= 15 is 0 Å². The molecule has 0 saturated carbocycles. The zero-order valence-electron chi connectivity index (χ0n) is 9.82. The standard InChI is InChI=1S/C14H17ClOS/c15-9-14(5-6-16-10-14)7-11-8-17-13-4-2-1-3-12(11)13/h1-4,11H,5-10H2. The first kappa shape index (κ1) is 11.9. The lowest BCUT2D eigenvalue weighted by Crippen LogP contribution is -2.26. The lowest BCUT2D eigenvalue weighted by molar-refractivity contribution is 0.153. The summed E-state index contributed by atoms with van der Waals surface area (Å²) < 4.78 is 5.56. The van der Waals surface area contributed by atoms with Gasteiger partial charge in [-0.2, -0.15) is 0 Å². The lowest BCUT2D eigenvalue weighted by atomic mass is 9.78. The van der Waals surface area contributed by atoms with Gasteiger partial charge in [-0.15, -0.1) is 23.4 Å². The van der Waals surface area contributed by atoms with Gasteiger partial charge in [-0.3, -0.25) is 0 Å². The summed E-state index contributed by atoms with van der Waals surface area (Å²) in [6, 6.07) is 8.79. The summed E-state index contributed by atoms with van der Waals surface area (Å²) in [6.07, 6.45) is 2.31. The normalized spacial score (nSPS) is 31.7. The van der Waals surface area contributed by atoms with Crippen LogP contribution in [-0.4, -0.2) is 24.8 Å². The Morgan fingerprint density at radius 3 is 3.06 bits per heavy atom. The van der Waals surface area contributed by atoms with Crippen molar-refractivity contribution in [3.63, 3.8) is 0 Å². The highest BCUT2D eigenvalue weighted by atomic mass is 35.5. The van der Waals surface area contributed by atoms with Gasteiger partial charge in [0, 0.05) is 28.6 Å². The molecular formula is C14H17ClOS. The molecule has 0 amide bonds. The molecule has 2 heterocycles. The van der Waals surface area contributed by atoms with Crippen LogP contribution in [0.3, 0.4) is 0 Å². The fraction of sp³-hybridized carbons (Fsp3) is 0.571. The largest absolute Gasteiger partial charge is 0.381 e. The highest BCUT2D eigenvalue weighted by Crippen LogP contribution is 2.47. The van der Waals surface area contributed by atoms with E-state index in [4.69, 9.17) is 16.3 Å². The molecule has 0 N–H and O–H groups in total. The molecule has 0 aliphatic carbocycles. The SMILES string of the molecule is ClCC1(CC2CSc3ccccc32)CCOC1. The van der Waals surface area contributed by atoms with Gasteiger partial charge in [0.05, 0.1) is 6.61 Å². The Kier molecular flexibility index (Phi) is 3.38. The van der Waals surface area contributed by atoms with Gasteiger partial charge in [-0.25, -0.2) is 0 Å². The summed E-state index contributed by atoms with van der Waals surface area (Å²) >= 11 is 8.17. The van der Waals surface area contributed by atoms with Crippen molar-refractivity contribution in [3.8, 4) is 0 Å². The summed E-state index contributed by atoms with van der Waals surface area (Å²) in [5.41, 5.74) is 1.75. The minimum absolute atomic E-state index is 0.226.